The van der Waals surface area contributed by atoms with E-state index in [1.165, 1.54) is 0 Å². The Balaban J connectivity index is 0.00000167. The van der Waals surface area contributed by atoms with Crippen molar-refractivity contribution in [3.05, 3.63) is 47.9 Å². The zero-order valence-electron chi connectivity index (χ0n) is 21.5. The van der Waals surface area contributed by atoms with E-state index in [1.807, 2.05) is 39.8 Å². The fourth-order valence-electron chi connectivity index (χ4n) is 4.79. The topological polar surface area (TPSA) is 68.0 Å². The average Bonchev–Trinajstić information content (AvgIpc) is 2.88. The maximum atomic E-state index is 9.47. The lowest BCUT2D eigenvalue weighted by Crippen LogP contribution is -2.54. The molecular formula is C27H37BrN6O. The van der Waals surface area contributed by atoms with E-state index in [4.69, 9.17) is 4.74 Å². The summed E-state index contributed by atoms with van der Waals surface area (Å²) in [6, 6.07) is 10.2. The van der Waals surface area contributed by atoms with Gasteiger partial charge in [-0.3, -0.25) is 9.88 Å². The smallest absolute Gasteiger partial charge is 0.125 e. The first kappa shape index (κ1) is 27.1. The Bertz CT molecular complexity index is 1080. The van der Waals surface area contributed by atoms with Crippen molar-refractivity contribution in [3.63, 3.8) is 0 Å². The van der Waals surface area contributed by atoms with Crippen LogP contribution in [0.25, 0.3) is 10.9 Å². The van der Waals surface area contributed by atoms with Gasteiger partial charge in [0.1, 0.15) is 11.9 Å². The lowest BCUT2D eigenvalue weighted by Gasteiger charge is -2.42. The number of ether oxygens (including phenoxy) is 1. The van der Waals surface area contributed by atoms with Crippen molar-refractivity contribution in [3.8, 4) is 6.07 Å². The van der Waals surface area contributed by atoms with Gasteiger partial charge >= 0.3 is 0 Å². The van der Waals surface area contributed by atoms with Crippen molar-refractivity contribution in [2.45, 2.75) is 46.8 Å². The predicted octanol–water partition coefficient (Wildman–Crippen LogP) is 5.02. The van der Waals surface area contributed by atoms with Gasteiger partial charge in [-0.1, -0.05) is 13.8 Å². The summed E-state index contributed by atoms with van der Waals surface area (Å²) in [5.41, 5.74) is 2.51. The van der Waals surface area contributed by atoms with Crippen LogP contribution in [0.2, 0.25) is 0 Å². The van der Waals surface area contributed by atoms with Gasteiger partial charge in [-0.15, -0.1) is 0 Å². The van der Waals surface area contributed by atoms with Gasteiger partial charge in [0, 0.05) is 63.1 Å². The van der Waals surface area contributed by atoms with Crippen molar-refractivity contribution >= 4 is 37.1 Å². The Kier molecular flexibility index (Phi) is 10.1. The first-order chi connectivity index (χ1) is 17.0. The molecule has 8 heteroatoms. The molecule has 7 nitrogen and oxygen atoms in total. The van der Waals surface area contributed by atoms with Crippen LogP contribution in [0.3, 0.4) is 0 Å². The average molecular weight is 542 g/mol. The highest BCUT2D eigenvalue weighted by molar-refractivity contribution is 9.18. The molecule has 1 aromatic heterocycles. The number of nitriles is 1. The van der Waals surface area contributed by atoms with Crippen molar-refractivity contribution in [2.75, 3.05) is 50.7 Å². The lowest BCUT2D eigenvalue weighted by atomic mass is 10.1. The third kappa shape index (κ3) is 6.81. The standard InChI is InChI=1S/C25H31BrN6O.C2H6/c1-4-24(29-19(3)26)31-12-10-30(11-13-31)16-21-17-32(15-18(2)33-21)23-8-7-20(14-27)25-22(23)6-5-9-28-25;1-2/h4-9,18,21H,10-13,15-17H2,1-3H3;1-2H3/b24-4+,29-19+;. The summed E-state index contributed by atoms with van der Waals surface area (Å²) in [5.74, 6) is 1.03. The van der Waals surface area contributed by atoms with Crippen LogP contribution in [-0.4, -0.2) is 77.4 Å². The van der Waals surface area contributed by atoms with Crippen LogP contribution in [-0.2, 0) is 4.74 Å². The zero-order chi connectivity index (χ0) is 25.4. The predicted molar refractivity (Wildman–Crippen MR) is 148 cm³/mol. The van der Waals surface area contributed by atoms with E-state index in [0.29, 0.717) is 5.56 Å². The molecule has 0 aliphatic carbocycles. The van der Waals surface area contributed by atoms with Crippen molar-refractivity contribution in [2.24, 2.45) is 4.99 Å². The summed E-state index contributed by atoms with van der Waals surface area (Å²) in [6.07, 6.45) is 4.09. The summed E-state index contributed by atoms with van der Waals surface area (Å²) >= 11 is 3.44. The molecule has 4 rings (SSSR count). The van der Waals surface area contributed by atoms with E-state index < -0.39 is 0 Å². The highest BCUT2D eigenvalue weighted by atomic mass is 79.9. The van der Waals surface area contributed by atoms with Gasteiger partial charge in [0.05, 0.1) is 27.9 Å². The van der Waals surface area contributed by atoms with Crippen LogP contribution >= 0.6 is 15.9 Å². The lowest BCUT2D eigenvalue weighted by molar-refractivity contribution is -0.0366. The van der Waals surface area contributed by atoms with E-state index in [2.05, 4.69) is 71.8 Å². The van der Waals surface area contributed by atoms with Crippen molar-refractivity contribution in [1.82, 2.24) is 14.8 Å². The molecular weight excluding hydrogens is 504 g/mol. The Morgan fingerprint density at radius 3 is 2.63 bits per heavy atom. The van der Waals surface area contributed by atoms with Crippen molar-refractivity contribution in [1.29, 1.82) is 5.26 Å². The maximum Gasteiger partial charge on any atom is 0.125 e. The summed E-state index contributed by atoms with van der Waals surface area (Å²) in [6.45, 7) is 16.6. The molecule has 188 valence electrons. The molecule has 3 heterocycles. The second kappa shape index (κ2) is 13.0. The quantitative estimate of drug-likeness (QED) is 0.496. The van der Waals surface area contributed by atoms with Gasteiger partial charge in [0.25, 0.3) is 0 Å². The molecule has 2 unspecified atom stereocenters. The minimum atomic E-state index is 0.131. The summed E-state index contributed by atoms with van der Waals surface area (Å²) in [5, 5.41) is 10.5. The number of morpholine rings is 1. The minimum Gasteiger partial charge on any atom is -0.370 e. The molecule has 2 aliphatic rings. The van der Waals surface area contributed by atoms with Gasteiger partial charge in [-0.05, 0) is 67.0 Å². The molecule has 2 aliphatic heterocycles. The number of rotatable bonds is 5. The third-order valence-electron chi connectivity index (χ3n) is 6.22. The van der Waals surface area contributed by atoms with Crippen LogP contribution in [0, 0.1) is 11.3 Å². The number of hydrogen-bond acceptors (Lipinski definition) is 7. The Morgan fingerprint density at radius 1 is 1.23 bits per heavy atom. The van der Waals surface area contributed by atoms with Crippen LogP contribution in [0.1, 0.15) is 40.2 Å². The number of aromatic nitrogens is 1. The van der Waals surface area contributed by atoms with E-state index in [9.17, 15) is 5.26 Å². The van der Waals surface area contributed by atoms with Gasteiger partial charge in [0.2, 0.25) is 0 Å². The molecule has 0 N–H and O–H groups in total. The van der Waals surface area contributed by atoms with Crippen LogP contribution in [0.15, 0.2) is 47.4 Å². The number of hydrogen-bond donors (Lipinski definition) is 0. The summed E-state index contributed by atoms with van der Waals surface area (Å²) < 4.78 is 7.24. The highest BCUT2D eigenvalue weighted by Gasteiger charge is 2.29. The van der Waals surface area contributed by atoms with Gasteiger partial charge in [0.15, 0.2) is 0 Å². The maximum absolute atomic E-state index is 9.47. The molecule has 2 atom stereocenters. The molecule has 35 heavy (non-hydrogen) atoms. The zero-order valence-corrected chi connectivity index (χ0v) is 23.1. The third-order valence-corrected chi connectivity index (χ3v) is 6.40. The molecule has 0 radical (unpaired) electrons. The second-order valence-corrected chi connectivity index (χ2v) is 9.81. The van der Waals surface area contributed by atoms with Crippen molar-refractivity contribution < 1.29 is 4.74 Å². The molecule has 0 spiro atoms. The molecule has 0 amide bonds. The SMILES string of the molecule is C/C=C(\N=C(/C)Br)N1CCN(CC2CN(c3ccc(C#N)c4ncccc34)CC(C)O2)CC1.CC. The highest BCUT2D eigenvalue weighted by Crippen LogP contribution is 2.30. The van der Waals surface area contributed by atoms with E-state index in [1.54, 1.807) is 6.20 Å². The minimum absolute atomic E-state index is 0.131. The second-order valence-electron chi connectivity index (χ2n) is 8.66. The molecule has 2 fully saturated rings. The molecule has 2 saturated heterocycles. The Morgan fingerprint density at radius 2 is 1.97 bits per heavy atom. The first-order valence-corrected chi connectivity index (χ1v) is 13.3. The number of anilines is 1. The normalized spacial score (nSPS) is 22.0. The van der Waals surface area contributed by atoms with Gasteiger partial charge in [-0.25, -0.2) is 4.99 Å². The number of pyridine rings is 1. The number of benzene rings is 1. The molecule has 0 saturated carbocycles. The summed E-state index contributed by atoms with van der Waals surface area (Å²) in [4.78, 5) is 16.3. The fraction of sp³-hybridized carbons (Fsp3) is 0.519. The summed E-state index contributed by atoms with van der Waals surface area (Å²) in [7, 11) is 0. The number of piperazine rings is 1. The van der Waals surface area contributed by atoms with Crippen LogP contribution < -0.4 is 4.90 Å². The first-order valence-electron chi connectivity index (χ1n) is 12.5. The monoisotopic (exact) mass is 540 g/mol. The van der Waals surface area contributed by atoms with E-state index >= 15 is 0 Å². The molecule has 2 aromatic rings. The largest absolute Gasteiger partial charge is 0.370 e. The Labute approximate surface area is 218 Å². The molecule has 1 aromatic carbocycles. The number of fused-ring (bicyclic) bond motifs is 1. The van der Waals surface area contributed by atoms with E-state index in [0.717, 1.165) is 72.8 Å². The van der Waals surface area contributed by atoms with Gasteiger partial charge in [-0.2, -0.15) is 5.26 Å². The fourth-order valence-corrected chi connectivity index (χ4v) is 4.97. The number of aliphatic imine (C=N–C) groups is 1. The van der Waals surface area contributed by atoms with Crippen LogP contribution in [0.5, 0.6) is 0 Å². The number of allylic oxidation sites excluding steroid dienone is 1. The number of nitrogens with zero attached hydrogens (tertiary/aromatic N) is 6. The van der Waals surface area contributed by atoms with E-state index in [-0.39, 0.29) is 12.2 Å². The molecule has 0 bridgehead atoms. The number of halogens is 1. The Hall–Kier alpha value is -2.47. The van der Waals surface area contributed by atoms with Gasteiger partial charge < -0.3 is 14.5 Å². The van der Waals surface area contributed by atoms with Crippen LogP contribution in [0.4, 0.5) is 5.69 Å².